The summed E-state index contributed by atoms with van der Waals surface area (Å²) in [5.74, 6) is 2.17. The summed E-state index contributed by atoms with van der Waals surface area (Å²) in [6.07, 6.45) is 30.1. The molecule has 0 amide bonds. The molecule has 0 atom stereocenters. The Morgan fingerprint density at radius 2 is 0.593 bits per heavy atom. The third-order valence-corrected chi connectivity index (χ3v) is 13.4. The zero-order valence-corrected chi connectivity index (χ0v) is 38.3. The first-order valence-electron chi connectivity index (χ1n) is 24.6. The molecule has 1 nitrogen and oxygen atoms in total. The Balaban J connectivity index is 1.57. The fraction of sp³-hybridized carbons (Fsp3) is 0.517. The summed E-state index contributed by atoms with van der Waals surface area (Å²) in [4.78, 5) is 0. The zero-order valence-electron chi connectivity index (χ0n) is 38.3. The molecule has 0 fully saturated rings. The minimum atomic E-state index is 1.08. The van der Waals surface area contributed by atoms with E-state index in [1.54, 1.807) is 0 Å². The second kappa shape index (κ2) is 23.2. The van der Waals surface area contributed by atoms with Gasteiger partial charge in [-0.3, -0.25) is 0 Å². The summed E-state index contributed by atoms with van der Waals surface area (Å²) in [7, 11) is 0. The van der Waals surface area contributed by atoms with E-state index in [4.69, 9.17) is 4.74 Å². The summed E-state index contributed by atoms with van der Waals surface area (Å²) in [6, 6.07) is 28.4. The molecule has 0 heterocycles. The lowest BCUT2D eigenvalue weighted by molar-refractivity contribution is 0.486. The molecule has 316 valence electrons. The zero-order chi connectivity index (χ0) is 41.4. The first kappa shape index (κ1) is 44.7. The van der Waals surface area contributed by atoms with Gasteiger partial charge >= 0.3 is 0 Å². The van der Waals surface area contributed by atoms with Gasteiger partial charge in [0.1, 0.15) is 11.5 Å². The van der Waals surface area contributed by atoms with Gasteiger partial charge in [-0.05, 0) is 131 Å². The summed E-state index contributed by atoms with van der Waals surface area (Å²) < 4.78 is 7.76. The average Bonchev–Trinajstić information content (AvgIpc) is 3.25. The summed E-state index contributed by atoms with van der Waals surface area (Å²) in [6.45, 7) is 13.9. The number of ether oxygens (including phenoxy) is 1. The van der Waals surface area contributed by atoms with Crippen LogP contribution in [0.2, 0.25) is 0 Å². The number of hydrogen-bond acceptors (Lipinski definition) is 1. The normalized spacial score (nSPS) is 11.8. The van der Waals surface area contributed by atoms with E-state index in [1.807, 2.05) is 0 Å². The second-order valence-electron chi connectivity index (χ2n) is 18.0. The van der Waals surface area contributed by atoms with Gasteiger partial charge in [-0.15, -0.1) is 0 Å². The van der Waals surface area contributed by atoms with Gasteiger partial charge in [0.2, 0.25) is 0 Å². The maximum atomic E-state index is 7.76. The highest BCUT2D eigenvalue weighted by Crippen LogP contribution is 2.47. The molecule has 0 aliphatic rings. The fourth-order valence-corrected chi connectivity index (χ4v) is 10.1. The second-order valence-corrected chi connectivity index (χ2v) is 18.0. The van der Waals surface area contributed by atoms with Crippen molar-refractivity contribution in [2.24, 2.45) is 0 Å². The molecule has 6 rings (SSSR count). The van der Waals surface area contributed by atoms with E-state index in [-0.39, 0.29) is 0 Å². The van der Waals surface area contributed by atoms with Crippen molar-refractivity contribution in [1.29, 1.82) is 0 Å². The van der Waals surface area contributed by atoms with Crippen molar-refractivity contribution in [2.75, 3.05) is 0 Å². The molecule has 0 radical (unpaired) electrons. The maximum absolute atomic E-state index is 7.76. The SMILES string of the molecule is CCCCCCCc1c2ccccc2c(CCCCCCC)c2c(Oc3c(C)ccc4c(CCCCCCC)c5ccccc5c(CCCCCCC)c34)c(C)ccc12. The predicted molar refractivity (Wildman–Crippen MR) is 262 cm³/mol. The molecule has 6 aromatic carbocycles. The molecule has 0 aromatic heterocycles. The Bertz CT molecular complexity index is 2080. The van der Waals surface area contributed by atoms with E-state index in [0.717, 1.165) is 37.2 Å². The van der Waals surface area contributed by atoms with Gasteiger partial charge < -0.3 is 4.74 Å². The number of rotatable bonds is 26. The minimum Gasteiger partial charge on any atom is -0.455 e. The molecule has 0 unspecified atom stereocenters. The van der Waals surface area contributed by atoms with Crippen LogP contribution in [0.25, 0.3) is 43.1 Å². The van der Waals surface area contributed by atoms with E-state index in [2.05, 4.69) is 114 Å². The predicted octanol–water partition coefficient (Wildman–Crippen LogP) is 18.8. The minimum absolute atomic E-state index is 1.08. The van der Waals surface area contributed by atoms with Gasteiger partial charge in [-0.25, -0.2) is 0 Å². The Labute approximate surface area is 359 Å². The van der Waals surface area contributed by atoms with Crippen LogP contribution in [0.3, 0.4) is 0 Å². The van der Waals surface area contributed by atoms with Crippen LogP contribution in [-0.4, -0.2) is 0 Å². The van der Waals surface area contributed by atoms with Crippen molar-refractivity contribution in [3.8, 4) is 11.5 Å². The Morgan fingerprint density at radius 1 is 0.305 bits per heavy atom. The number of benzene rings is 6. The van der Waals surface area contributed by atoms with Gasteiger partial charge in [-0.1, -0.05) is 203 Å². The average molecular weight is 791 g/mol. The van der Waals surface area contributed by atoms with Crippen molar-refractivity contribution >= 4 is 43.1 Å². The fourth-order valence-electron chi connectivity index (χ4n) is 10.1. The third kappa shape index (κ3) is 10.9. The van der Waals surface area contributed by atoms with Gasteiger partial charge in [0.05, 0.1) is 0 Å². The first-order valence-corrected chi connectivity index (χ1v) is 24.6. The molecule has 1 heteroatoms. The van der Waals surface area contributed by atoms with E-state index >= 15 is 0 Å². The van der Waals surface area contributed by atoms with Crippen molar-refractivity contribution in [3.05, 3.63) is 106 Å². The Kier molecular flexibility index (Phi) is 17.6. The Morgan fingerprint density at radius 3 is 0.915 bits per heavy atom. The van der Waals surface area contributed by atoms with E-state index in [0.29, 0.717) is 0 Å². The molecule has 0 bridgehead atoms. The quantitative estimate of drug-likeness (QED) is 0.0393. The van der Waals surface area contributed by atoms with Gasteiger partial charge in [0.15, 0.2) is 0 Å². The molecule has 0 saturated heterocycles. The van der Waals surface area contributed by atoms with E-state index < -0.39 is 0 Å². The highest BCUT2D eigenvalue weighted by atomic mass is 16.5. The van der Waals surface area contributed by atoms with Crippen molar-refractivity contribution in [2.45, 2.75) is 196 Å². The highest BCUT2D eigenvalue weighted by Gasteiger charge is 2.23. The van der Waals surface area contributed by atoms with Crippen LogP contribution < -0.4 is 4.74 Å². The molecule has 0 aliphatic carbocycles. The lowest BCUT2D eigenvalue weighted by atomic mass is 9.85. The lowest BCUT2D eigenvalue weighted by Crippen LogP contribution is -2.03. The van der Waals surface area contributed by atoms with E-state index in [9.17, 15) is 0 Å². The first-order chi connectivity index (χ1) is 29.0. The maximum Gasteiger partial charge on any atom is 0.138 e. The topological polar surface area (TPSA) is 9.23 Å². The Hall–Kier alpha value is -3.84. The van der Waals surface area contributed by atoms with E-state index in [1.165, 1.54) is 205 Å². The number of hydrogen-bond donors (Lipinski definition) is 0. The van der Waals surface area contributed by atoms with Crippen LogP contribution in [0.1, 0.15) is 189 Å². The van der Waals surface area contributed by atoms with Crippen molar-refractivity contribution in [1.82, 2.24) is 0 Å². The van der Waals surface area contributed by atoms with Crippen LogP contribution in [0.15, 0.2) is 72.8 Å². The lowest BCUT2D eigenvalue weighted by Gasteiger charge is -2.24. The largest absolute Gasteiger partial charge is 0.455 e. The molecule has 0 spiro atoms. The van der Waals surface area contributed by atoms with Gasteiger partial charge in [-0.2, -0.15) is 0 Å². The molecule has 6 aromatic rings. The van der Waals surface area contributed by atoms with Crippen LogP contribution in [0, 0.1) is 13.8 Å². The van der Waals surface area contributed by atoms with Crippen molar-refractivity contribution in [3.63, 3.8) is 0 Å². The number of fused-ring (bicyclic) bond motifs is 4. The molecular formula is C58H78O. The number of unbranched alkanes of at least 4 members (excludes halogenated alkanes) is 16. The third-order valence-electron chi connectivity index (χ3n) is 13.4. The molecule has 0 N–H and O–H groups in total. The summed E-state index contributed by atoms with van der Waals surface area (Å²) in [5.41, 5.74) is 8.50. The van der Waals surface area contributed by atoms with Crippen LogP contribution in [-0.2, 0) is 25.7 Å². The molecule has 0 aliphatic heterocycles. The monoisotopic (exact) mass is 791 g/mol. The van der Waals surface area contributed by atoms with Gasteiger partial charge in [0, 0.05) is 10.8 Å². The van der Waals surface area contributed by atoms with Crippen LogP contribution in [0.4, 0.5) is 0 Å². The number of aryl methyl sites for hydroxylation is 6. The molecule has 59 heavy (non-hydrogen) atoms. The molecule has 0 saturated carbocycles. The smallest absolute Gasteiger partial charge is 0.138 e. The van der Waals surface area contributed by atoms with Crippen LogP contribution >= 0.6 is 0 Å². The van der Waals surface area contributed by atoms with Crippen LogP contribution in [0.5, 0.6) is 11.5 Å². The standard InChI is InChI=1S/C58H78O/c1-7-11-15-19-23-31-49-45-33-27-29-35-47(45)51(37-25-21-17-13-9-3)55-53(49)41-39-43(5)57(55)59-58-44(6)40-42-54-50(32-24-20-16-12-8-2)46-34-28-30-36-48(46)52(56(54)58)38-26-22-18-14-10-4/h27-30,33-36,39-42H,7-26,31-32,37-38H2,1-6H3. The highest BCUT2D eigenvalue weighted by molar-refractivity contribution is 6.11. The molecular weight excluding hydrogens is 713 g/mol. The van der Waals surface area contributed by atoms with Gasteiger partial charge in [0.25, 0.3) is 0 Å². The summed E-state index contributed by atoms with van der Waals surface area (Å²) >= 11 is 0. The summed E-state index contributed by atoms with van der Waals surface area (Å²) in [5, 5.41) is 11.4. The van der Waals surface area contributed by atoms with Crippen molar-refractivity contribution < 1.29 is 4.74 Å².